The molecule has 3 aromatic rings. The molecule has 6 nitrogen and oxygen atoms in total. The van der Waals surface area contributed by atoms with E-state index < -0.39 is 12.0 Å². The molecule has 3 rings (SSSR count). The van der Waals surface area contributed by atoms with Gasteiger partial charge < -0.3 is 19.4 Å². The third kappa shape index (κ3) is 3.87. The van der Waals surface area contributed by atoms with Gasteiger partial charge in [0.05, 0.1) is 12.4 Å². The minimum absolute atomic E-state index is 0.136. The molecule has 1 aromatic carbocycles. The van der Waals surface area contributed by atoms with E-state index in [1.54, 1.807) is 12.1 Å². The second-order valence-electron chi connectivity index (χ2n) is 5.11. The van der Waals surface area contributed by atoms with E-state index >= 15 is 0 Å². The topological polar surface area (TPSA) is 88.5 Å². The number of benzene rings is 1. The van der Waals surface area contributed by atoms with Crippen LogP contribution in [0.4, 0.5) is 0 Å². The Morgan fingerprint density at radius 1 is 1.17 bits per heavy atom. The van der Waals surface area contributed by atoms with Gasteiger partial charge in [-0.1, -0.05) is 35.5 Å². The van der Waals surface area contributed by atoms with Gasteiger partial charge in [0, 0.05) is 19.0 Å². The van der Waals surface area contributed by atoms with Crippen LogP contribution < -0.4 is 5.32 Å². The molecule has 0 aliphatic rings. The van der Waals surface area contributed by atoms with Gasteiger partial charge in [0.1, 0.15) is 0 Å². The highest BCUT2D eigenvalue weighted by atomic mass is 16.5. The second-order valence-corrected chi connectivity index (χ2v) is 5.11. The molecule has 6 heteroatoms. The molecule has 0 radical (unpaired) electrons. The van der Waals surface area contributed by atoms with Crippen LogP contribution in [0.2, 0.25) is 0 Å². The summed E-state index contributed by atoms with van der Waals surface area (Å²) in [4.78, 5) is 12.0. The van der Waals surface area contributed by atoms with Gasteiger partial charge in [-0.15, -0.1) is 0 Å². The highest BCUT2D eigenvalue weighted by molar-refractivity contribution is 5.92. The lowest BCUT2D eigenvalue weighted by Crippen LogP contribution is -2.33. The number of carbonyl (C=O) groups is 1. The van der Waals surface area contributed by atoms with Crippen molar-refractivity contribution < 1.29 is 18.8 Å². The van der Waals surface area contributed by atoms with E-state index in [-0.39, 0.29) is 12.2 Å². The lowest BCUT2D eigenvalue weighted by atomic mass is 10.1. The third-order valence-electron chi connectivity index (χ3n) is 3.32. The molecule has 0 spiro atoms. The fourth-order valence-electron chi connectivity index (χ4n) is 2.18. The molecule has 0 aliphatic carbocycles. The van der Waals surface area contributed by atoms with Crippen LogP contribution in [0.5, 0.6) is 0 Å². The minimum Gasteiger partial charge on any atom is -0.461 e. The average molecular weight is 312 g/mol. The maximum absolute atomic E-state index is 12.0. The molecule has 1 atom stereocenters. The van der Waals surface area contributed by atoms with E-state index in [9.17, 15) is 9.90 Å². The van der Waals surface area contributed by atoms with Crippen LogP contribution in [0.15, 0.2) is 63.7 Å². The van der Waals surface area contributed by atoms with Crippen LogP contribution in [-0.4, -0.2) is 28.8 Å². The normalized spacial score (nSPS) is 12.0. The molecular weight excluding hydrogens is 296 g/mol. The van der Waals surface area contributed by atoms with E-state index in [2.05, 4.69) is 10.5 Å². The number of hydrogen-bond acceptors (Lipinski definition) is 5. The first kappa shape index (κ1) is 15.1. The van der Waals surface area contributed by atoms with Crippen LogP contribution in [0, 0.1) is 0 Å². The zero-order chi connectivity index (χ0) is 16.1. The Morgan fingerprint density at radius 3 is 2.74 bits per heavy atom. The fourth-order valence-corrected chi connectivity index (χ4v) is 2.18. The largest absolute Gasteiger partial charge is 0.461 e. The van der Waals surface area contributed by atoms with Crippen LogP contribution in [0.25, 0.3) is 11.5 Å². The molecule has 1 amide bonds. The summed E-state index contributed by atoms with van der Waals surface area (Å²) >= 11 is 0. The molecular formula is C17H16N2O4. The molecule has 0 saturated heterocycles. The van der Waals surface area contributed by atoms with Crippen molar-refractivity contribution in [2.24, 2.45) is 0 Å². The van der Waals surface area contributed by atoms with Crippen molar-refractivity contribution in [2.75, 3.05) is 6.54 Å². The number of carbonyl (C=O) groups excluding carboxylic acids is 1. The summed E-state index contributed by atoms with van der Waals surface area (Å²) in [5.41, 5.74) is 1.15. The molecule has 2 N–H and O–H groups in total. The van der Waals surface area contributed by atoms with Crippen LogP contribution in [0.3, 0.4) is 0 Å². The maximum Gasteiger partial charge on any atom is 0.273 e. The quantitative estimate of drug-likeness (QED) is 0.729. The number of aliphatic hydroxyl groups is 1. The van der Waals surface area contributed by atoms with Gasteiger partial charge in [-0.2, -0.15) is 0 Å². The first-order chi connectivity index (χ1) is 11.2. The Balaban J connectivity index is 1.53. The summed E-state index contributed by atoms with van der Waals surface area (Å²) in [6.45, 7) is 0.136. The maximum atomic E-state index is 12.0. The lowest BCUT2D eigenvalue weighted by Gasteiger charge is -2.11. The van der Waals surface area contributed by atoms with Gasteiger partial charge in [0.2, 0.25) is 5.76 Å². The smallest absolute Gasteiger partial charge is 0.273 e. The monoisotopic (exact) mass is 312 g/mol. The summed E-state index contributed by atoms with van der Waals surface area (Å²) in [6, 6.07) is 14.5. The van der Waals surface area contributed by atoms with Crippen molar-refractivity contribution in [2.45, 2.75) is 12.5 Å². The van der Waals surface area contributed by atoms with Gasteiger partial charge in [0.25, 0.3) is 5.91 Å². The minimum atomic E-state index is -0.669. The van der Waals surface area contributed by atoms with E-state index in [1.165, 1.54) is 12.3 Å². The van der Waals surface area contributed by atoms with Crippen molar-refractivity contribution in [1.82, 2.24) is 10.5 Å². The molecule has 2 heterocycles. The first-order valence-corrected chi connectivity index (χ1v) is 7.23. The van der Waals surface area contributed by atoms with Gasteiger partial charge in [-0.05, 0) is 17.7 Å². The Morgan fingerprint density at radius 2 is 2.00 bits per heavy atom. The van der Waals surface area contributed by atoms with Crippen molar-refractivity contribution in [3.05, 3.63) is 66.1 Å². The second kappa shape index (κ2) is 6.93. The molecule has 0 saturated carbocycles. The van der Waals surface area contributed by atoms with Gasteiger partial charge in [0.15, 0.2) is 11.5 Å². The van der Waals surface area contributed by atoms with Gasteiger partial charge in [-0.25, -0.2) is 0 Å². The van der Waals surface area contributed by atoms with E-state index in [4.69, 9.17) is 8.94 Å². The highest BCUT2D eigenvalue weighted by Crippen LogP contribution is 2.20. The molecule has 1 unspecified atom stereocenters. The summed E-state index contributed by atoms with van der Waals surface area (Å²) in [5, 5.41) is 16.3. The number of aliphatic hydroxyl groups excluding tert-OH is 1. The SMILES string of the molecule is O=C(NCC(O)Cc1ccccc1)c1cc(-c2ccco2)on1. The Kier molecular flexibility index (Phi) is 4.54. The number of rotatable bonds is 6. The molecule has 0 bridgehead atoms. The van der Waals surface area contributed by atoms with Crippen molar-refractivity contribution >= 4 is 5.91 Å². The van der Waals surface area contributed by atoms with Crippen LogP contribution in [-0.2, 0) is 6.42 Å². The summed E-state index contributed by atoms with van der Waals surface area (Å²) in [6.07, 6.45) is 1.31. The van der Waals surface area contributed by atoms with Crippen molar-refractivity contribution in [3.63, 3.8) is 0 Å². The molecule has 0 aliphatic heterocycles. The fraction of sp³-hybridized carbons (Fsp3) is 0.176. The summed E-state index contributed by atoms with van der Waals surface area (Å²) in [7, 11) is 0. The van der Waals surface area contributed by atoms with E-state index in [0.29, 0.717) is 17.9 Å². The molecule has 0 fully saturated rings. The van der Waals surface area contributed by atoms with Crippen LogP contribution in [0.1, 0.15) is 16.1 Å². The standard InChI is InChI=1S/C17H16N2O4/c20-13(9-12-5-2-1-3-6-12)11-18-17(21)14-10-16(23-19-14)15-7-4-8-22-15/h1-8,10,13,20H,9,11H2,(H,18,21). The zero-order valence-electron chi connectivity index (χ0n) is 12.3. The average Bonchev–Trinajstić information content (AvgIpc) is 3.24. The first-order valence-electron chi connectivity index (χ1n) is 7.23. The molecule has 2 aromatic heterocycles. The lowest BCUT2D eigenvalue weighted by molar-refractivity contribution is 0.0907. The van der Waals surface area contributed by atoms with E-state index in [0.717, 1.165) is 5.56 Å². The van der Waals surface area contributed by atoms with Crippen molar-refractivity contribution in [1.29, 1.82) is 0 Å². The third-order valence-corrected chi connectivity index (χ3v) is 3.32. The van der Waals surface area contributed by atoms with Crippen molar-refractivity contribution in [3.8, 4) is 11.5 Å². The number of aromatic nitrogens is 1. The van der Waals surface area contributed by atoms with Gasteiger partial charge >= 0.3 is 0 Å². The molecule has 118 valence electrons. The predicted molar refractivity (Wildman–Crippen MR) is 82.7 cm³/mol. The Bertz CT molecular complexity index is 750. The van der Waals surface area contributed by atoms with E-state index in [1.807, 2.05) is 30.3 Å². The number of amides is 1. The summed E-state index contributed by atoms with van der Waals surface area (Å²) in [5.74, 6) is 0.476. The number of nitrogens with one attached hydrogen (secondary N) is 1. The van der Waals surface area contributed by atoms with Gasteiger partial charge in [-0.3, -0.25) is 4.79 Å². The predicted octanol–water partition coefficient (Wildman–Crippen LogP) is 2.27. The van der Waals surface area contributed by atoms with Crippen LogP contribution >= 0.6 is 0 Å². The number of nitrogens with zero attached hydrogens (tertiary/aromatic N) is 1. The Hall–Kier alpha value is -2.86. The zero-order valence-corrected chi connectivity index (χ0v) is 12.3. The summed E-state index contributed by atoms with van der Waals surface area (Å²) < 4.78 is 10.2. The number of hydrogen-bond donors (Lipinski definition) is 2. The number of furan rings is 1. The highest BCUT2D eigenvalue weighted by Gasteiger charge is 2.16. The molecule has 23 heavy (non-hydrogen) atoms. The Labute approximate surface area is 132 Å².